The van der Waals surface area contributed by atoms with Crippen molar-refractivity contribution in [3.8, 4) is 0 Å². The van der Waals surface area contributed by atoms with E-state index in [0.717, 1.165) is 56.6 Å². The van der Waals surface area contributed by atoms with Gasteiger partial charge in [0.1, 0.15) is 11.6 Å². The fourth-order valence-corrected chi connectivity index (χ4v) is 5.49. The summed E-state index contributed by atoms with van der Waals surface area (Å²) in [5.74, 6) is 2.82. The minimum absolute atomic E-state index is 0. The summed E-state index contributed by atoms with van der Waals surface area (Å²) in [4.78, 5) is 9.43. The molecule has 4 rings (SSSR count). The van der Waals surface area contributed by atoms with Crippen molar-refractivity contribution in [3.63, 3.8) is 0 Å². The Kier molecular flexibility index (Phi) is 7.81. The van der Waals surface area contributed by atoms with Crippen LogP contribution in [0.5, 0.6) is 0 Å². The fraction of sp³-hybridized carbons (Fsp3) is 0.857. The van der Waals surface area contributed by atoms with Crippen LogP contribution in [0.15, 0.2) is 4.99 Å². The topological polar surface area (TPSA) is 76.4 Å². The summed E-state index contributed by atoms with van der Waals surface area (Å²) in [5, 5.41) is 12.0. The highest BCUT2D eigenvalue weighted by molar-refractivity contribution is 14.0. The van der Waals surface area contributed by atoms with E-state index in [9.17, 15) is 0 Å². The zero-order valence-electron chi connectivity index (χ0n) is 18.1. The molecule has 0 radical (unpaired) electrons. The molecule has 2 aliphatic carbocycles. The van der Waals surface area contributed by atoms with E-state index in [0.29, 0.717) is 12.1 Å². The summed E-state index contributed by atoms with van der Waals surface area (Å²) in [5.41, 5.74) is 0.285. The first kappa shape index (κ1) is 22.8. The molecule has 2 N–H and O–H groups in total. The Balaban J connectivity index is 0.00000240. The van der Waals surface area contributed by atoms with Crippen LogP contribution in [0.1, 0.15) is 82.9 Å². The minimum Gasteiger partial charge on any atom is -0.378 e. The van der Waals surface area contributed by atoms with Gasteiger partial charge in [-0.3, -0.25) is 4.99 Å². The average molecular weight is 516 g/mol. The van der Waals surface area contributed by atoms with Crippen LogP contribution in [0, 0.1) is 12.3 Å². The molecule has 8 heteroatoms. The number of fused-ring (bicyclic) bond motifs is 1. The number of hydrogen-bond donors (Lipinski definition) is 2. The maximum atomic E-state index is 6.12. The Bertz CT molecular complexity index is 699. The highest BCUT2D eigenvalue weighted by atomic mass is 127. The first-order valence-corrected chi connectivity index (χ1v) is 11.3. The molecule has 1 aromatic rings. The van der Waals surface area contributed by atoms with Gasteiger partial charge in [0.05, 0.1) is 12.1 Å². The third-order valence-corrected chi connectivity index (χ3v) is 6.86. The molecule has 0 bridgehead atoms. The van der Waals surface area contributed by atoms with Gasteiger partial charge in [0.25, 0.3) is 0 Å². The molecule has 29 heavy (non-hydrogen) atoms. The minimum atomic E-state index is 0. The fourth-order valence-electron chi connectivity index (χ4n) is 5.49. The normalized spacial score (nSPS) is 28.2. The maximum absolute atomic E-state index is 6.12. The van der Waals surface area contributed by atoms with Gasteiger partial charge < -0.3 is 15.4 Å². The summed E-state index contributed by atoms with van der Waals surface area (Å²) in [6.07, 6.45) is 10.2. The van der Waals surface area contributed by atoms with Crippen LogP contribution in [0.2, 0.25) is 0 Å². The Morgan fingerprint density at radius 1 is 1.21 bits per heavy atom. The summed E-state index contributed by atoms with van der Waals surface area (Å²) in [6.45, 7) is 8.72. The molecule has 2 fully saturated rings. The summed E-state index contributed by atoms with van der Waals surface area (Å²) < 4.78 is 8.17. The zero-order chi connectivity index (χ0) is 19.6. The lowest BCUT2D eigenvalue weighted by molar-refractivity contribution is -0.145. The molecule has 1 aliphatic heterocycles. The van der Waals surface area contributed by atoms with Crippen molar-refractivity contribution in [2.24, 2.45) is 10.4 Å². The van der Waals surface area contributed by atoms with Crippen molar-refractivity contribution in [2.75, 3.05) is 13.2 Å². The van der Waals surface area contributed by atoms with Gasteiger partial charge in [-0.1, -0.05) is 19.3 Å². The molecule has 0 amide bonds. The molecular weight excluding hydrogens is 479 g/mol. The molecule has 7 nitrogen and oxygen atoms in total. The van der Waals surface area contributed by atoms with Crippen LogP contribution in [0.4, 0.5) is 0 Å². The standard InChI is InChI=1S/C21H36N6O.HI/c1-4-22-20(24-16-10-9-13-27-19(16)23-15(3)26-27)25-17-14-18(28-5-2)21(17)11-7-6-8-12-21;/h16-18H,4-14H2,1-3H3,(H2,22,24,25);1H. The van der Waals surface area contributed by atoms with E-state index in [1.807, 2.05) is 6.92 Å². The van der Waals surface area contributed by atoms with E-state index in [1.54, 1.807) is 0 Å². The van der Waals surface area contributed by atoms with Crippen LogP contribution in [-0.2, 0) is 11.3 Å². The summed E-state index contributed by atoms with van der Waals surface area (Å²) in [7, 11) is 0. The van der Waals surface area contributed by atoms with Gasteiger partial charge in [-0.05, 0) is 52.9 Å². The summed E-state index contributed by atoms with van der Waals surface area (Å²) in [6, 6.07) is 0.628. The van der Waals surface area contributed by atoms with Crippen molar-refractivity contribution in [1.82, 2.24) is 25.4 Å². The first-order chi connectivity index (χ1) is 13.7. The molecular formula is C21H37IN6O. The highest BCUT2D eigenvalue weighted by Crippen LogP contribution is 2.53. The van der Waals surface area contributed by atoms with E-state index >= 15 is 0 Å². The predicted molar refractivity (Wildman–Crippen MR) is 126 cm³/mol. The number of rotatable bonds is 5. The number of hydrogen-bond acceptors (Lipinski definition) is 4. The van der Waals surface area contributed by atoms with Crippen molar-refractivity contribution < 1.29 is 4.74 Å². The number of nitrogens with zero attached hydrogens (tertiary/aromatic N) is 4. The number of nitrogens with one attached hydrogen (secondary N) is 2. The van der Waals surface area contributed by atoms with Crippen LogP contribution in [0.3, 0.4) is 0 Å². The lowest BCUT2D eigenvalue weighted by Crippen LogP contribution is -2.66. The molecule has 2 saturated carbocycles. The molecule has 3 unspecified atom stereocenters. The lowest BCUT2D eigenvalue weighted by atomic mass is 9.55. The van der Waals surface area contributed by atoms with Gasteiger partial charge >= 0.3 is 0 Å². The van der Waals surface area contributed by atoms with E-state index in [2.05, 4.69) is 39.2 Å². The molecule has 1 aromatic heterocycles. The van der Waals surface area contributed by atoms with Crippen molar-refractivity contribution >= 4 is 29.9 Å². The Morgan fingerprint density at radius 3 is 2.72 bits per heavy atom. The van der Waals surface area contributed by atoms with Gasteiger partial charge in [-0.25, -0.2) is 9.67 Å². The largest absolute Gasteiger partial charge is 0.378 e. The number of halogens is 1. The van der Waals surface area contributed by atoms with Crippen molar-refractivity contribution in [3.05, 3.63) is 11.6 Å². The first-order valence-electron chi connectivity index (χ1n) is 11.3. The van der Waals surface area contributed by atoms with E-state index < -0.39 is 0 Å². The SMILES string of the molecule is CCN=C(NC1CCCn2nc(C)nc21)NC1CC(OCC)C12CCCCC2.I. The van der Waals surface area contributed by atoms with Crippen LogP contribution in [-0.4, -0.2) is 46.0 Å². The van der Waals surface area contributed by atoms with Gasteiger partial charge in [0, 0.05) is 31.2 Å². The predicted octanol–water partition coefficient (Wildman–Crippen LogP) is 3.72. The molecule has 1 spiro atoms. The summed E-state index contributed by atoms with van der Waals surface area (Å²) >= 11 is 0. The van der Waals surface area contributed by atoms with E-state index in [4.69, 9.17) is 9.73 Å². The number of ether oxygens (including phenoxy) is 1. The second-order valence-electron chi connectivity index (χ2n) is 8.57. The monoisotopic (exact) mass is 516 g/mol. The second-order valence-corrected chi connectivity index (χ2v) is 8.57. The second kappa shape index (κ2) is 9.94. The van der Waals surface area contributed by atoms with Crippen molar-refractivity contribution in [1.29, 1.82) is 0 Å². The molecule has 3 atom stereocenters. The molecule has 0 saturated heterocycles. The Labute approximate surface area is 191 Å². The maximum Gasteiger partial charge on any atom is 0.192 e. The molecule has 2 heterocycles. The van der Waals surface area contributed by atoms with Gasteiger partial charge in [0.15, 0.2) is 5.96 Å². The van der Waals surface area contributed by atoms with Crippen LogP contribution >= 0.6 is 24.0 Å². The number of aryl methyl sites for hydroxylation is 2. The lowest BCUT2D eigenvalue weighted by Gasteiger charge is -2.58. The molecule has 0 aromatic carbocycles. The smallest absolute Gasteiger partial charge is 0.192 e. The van der Waals surface area contributed by atoms with Crippen LogP contribution in [0.25, 0.3) is 0 Å². The quantitative estimate of drug-likeness (QED) is 0.355. The van der Waals surface area contributed by atoms with Gasteiger partial charge in [-0.15, -0.1) is 24.0 Å². The molecule has 164 valence electrons. The third-order valence-electron chi connectivity index (χ3n) is 6.86. The Morgan fingerprint density at radius 2 is 2.00 bits per heavy atom. The van der Waals surface area contributed by atoms with E-state index in [1.165, 1.54) is 32.1 Å². The average Bonchev–Trinajstić information content (AvgIpc) is 3.09. The Hall–Kier alpha value is -0.900. The van der Waals surface area contributed by atoms with Gasteiger partial charge in [0.2, 0.25) is 0 Å². The number of guanidine groups is 1. The van der Waals surface area contributed by atoms with E-state index in [-0.39, 0.29) is 35.4 Å². The molecule has 3 aliphatic rings. The highest BCUT2D eigenvalue weighted by Gasteiger charge is 2.56. The number of aliphatic imine (C=N–C) groups is 1. The van der Waals surface area contributed by atoms with Crippen LogP contribution < -0.4 is 10.6 Å². The zero-order valence-corrected chi connectivity index (χ0v) is 20.4. The third kappa shape index (κ3) is 4.57. The number of aromatic nitrogens is 3. The van der Waals surface area contributed by atoms with Gasteiger partial charge in [-0.2, -0.15) is 5.10 Å². The van der Waals surface area contributed by atoms with Crippen molar-refractivity contribution in [2.45, 2.75) is 96.9 Å².